The number of hydrogen-bond donors (Lipinski definition) is 2. The minimum atomic E-state index is -0.287. The molecule has 166 valence electrons. The van der Waals surface area contributed by atoms with Crippen LogP contribution < -0.4 is 20.3 Å². The number of carbonyl (C=O) groups excluding carboxylic acids is 1. The molecule has 0 spiro atoms. The molecule has 10 heteroatoms. The molecule has 0 radical (unpaired) electrons. The van der Waals surface area contributed by atoms with Gasteiger partial charge in [-0.1, -0.05) is 12.6 Å². The third-order valence-corrected chi connectivity index (χ3v) is 5.04. The summed E-state index contributed by atoms with van der Waals surface area (Å²) in [6, 6.07) is 7.14. The summed E-state index contributed by atoms with van der Waals surface area (Å²) in [5, 5.41) is 10.0. The predicted molar refractivity (Wildman–Crippen MR) is 124 cm³/mol. The van der Waals surface area contributed by atoms with Gasteiger partial charge in [0.2, 0.25) is 17.7 Å². The maximum absolute atomic E-state index is 11.6. The van der Waals surface area contributed by atoms with E-state index >= 15 is 0 Å². The number of nitrogens with zero attached hydrogens (tertiary/aromatic N) is 6. The van der Waals surface area contributed by atoms with Gasteiger partial charge in [-0.25, -0.2) is 4.98 Å². The van der Waals surface area contributed by atoms with E-state index in [2.05, 4.69) is 49.1 Å². The molecule has 2 N–H and O–H groups in total. The van der Waals surface area contributed by atoms with Gasteiger partial charge in [-0.05, 0) is 25.3 Å². The molecule has 0 bridgehead atoms. The zero-order chi connectivity index (χ0) is 22.5. The van der Waals surface area contributed by atoms with Crippen molar-refractivity contribution in [2.45, 2.75) is 0 Å². The Labute approximate surface area is 186 Å². The van der Waals surface area contributed by atoms with E-state index in [-0.39, 0.29) is 5.91 Å². The normalized spacial score (nSPS) is 14.1. The summed E-state index contributed by atoms with van der Waals surface area (Å²) >= 11 is 0. The van der Waals surface area contributed by atoms with Crippen LogP contribution in [0, 0.1) is 0 Å². The van der Waals surface area contributed by atoms with Crippen molar-refractivity contribution in [1.29, 1.82) is 0 Å². The second kappa shape index (κ2) is 9.48. The van der Waals surface area contributed by atoms with Crippen molar-refractivity contribution < 1.29 is 9.53 Å². The van der Waals surface area contributed by atoms with Crippen LogP contribution in [0.5, 0.6) is 11.6 Å². The third kappa shape index (κ3) is 5.22. The molecule has 1 fully saturated rings. The molecule has 1 amide bonds. The highest BCUT2D eigenvalue weighted by Crippen LogP contribution is 2.33. The first kappa shape index (κ1) is 21.3. The lowest BCUT2D eigenvalue weighted by Gasteiger charge is -2.34. The number of anilines is 4. The van der Waals surface area contributed by atoms with Crippen LogP contribution in [0.15, 0.2) is 55.5 Å². The number of nitrogens with one attached hydrogen (secondary N) is 2. The maximum Gasteiger partial charge on any atom is 0.248 e. The number of piperazine rings is 1. The van der Waals surface area contributed by atoms with E-state index in [1.54, 1.807) is 35.3 Å². The van der Waals surface area contributed by atoms with Gasteiger partial charge < -0.3 is 25.2 Å². The van der Waals surface area contributed by atoms with Gasteiger partial charge >= 0.3 is 0 Å². The molecule has 4 rings (SSSR count). The lowest BCUT2D eigenvalue weighted by atomic mass is 10.3. The van der Waals surface area contributed by atoms with Crippen LogP contribution in [0.4, 0.5) is 23.0 Å². The van der Waals surface area contributed by atoms with E-state index in [1.165, 1.54) is 6.08 Å². The van der Waals surface area contributed by atoms with Crippen molar-refractivity contribution in [3.8, 4) is 11.6 Å². The van der Waals surface area contributed by atoms with Crippen molar-refractivity contribution in [1.82, 2.24) is 24.6 Å². The highest BCUT2D eigenvalue weighted by molar-refractivity contribution is 5.98. The van der Waals surface area contributed by atoms with Crippen LogP contribution in [-0.2, 0) is 11.8 Å². The first-order chi connectivity index (χ1) is 15.5. The molecular weight excluding hydrogens is 408 g/mol. The van der Waals surface area contributed by atoms with E-state index in [1.807, 2.05) is 19.3 Å². The average molecular weight is 435 g/mol. The number of aryl methyl sites for hydroxylation is 1. The van der Waals surface area contributed by atoms with Crippen molar-refractivity contribution in [2.75, 3.05) is 48.8 Å². The monoisotopic (exact) mass is 434 g/mol. The molecule has 1 aliphatic heterocycles. The van der Waals surface area contributed by atoms with Gasteiger partial charge in [0, 0.05) is 51.2 Å². The van der Waals surface area contributed by atoms with Crippen LogP contribution in [0.25, 0.3) is 0 Å². The van der Waals surface area contributed by atoms with Gasteiger partial charge in [-0.2, -0.15) is 10.1 Å². The minimum absolute atomic E-state index is 0.287. The standard InChI is InChI=1S/C22H26N8O2/c1-4-20(31)25-16-6-5-7-18(12-16)32-21-19(30-10-8-28(2)9-11-30)14-23-22(27-21)26-17-13-24-29(3)15-17/h4-7,12-15H,1,8-11H2,2-3H3,(H,25,31)(H,23,26,27). The van der Waals surface area contributed by atoms with E-state index in [0.717, 1.165) is 37.6 Å². The van der Waals surface area contributed by atoms with E-state index in [9.17, 15) is 4.79 Å². The van der Waals surface area contributed by atoms with Crippen LogP contribution in [0.1, 0.15) is 0 Å². The van der Waals surface area contributed by atoms with Gasteiger partial charge in [-0.15, -0.1) is 0 Å². The molecule has 1 aliphatic rings. The molecule has 1 saturated heterocycles. The molecule has 0 atom stereocenters. The first-order valence-corrected chi connectivity index (χ1v) is 10.3. The van der Waals surface area contributed by atoms with Gasteiger partial charge in [0.15, 0.2) is 0 Å². The Morgan fingerprint density at radius 3 is 2.69 bits per heavy atom. The fraction of sp³-hybridized carbons (Fsp3) is 0.273. The quantitative estimate of drug-likeness (QED) is 0.548. The number of rotatable bonds is 7. The second-order valence-electron chi connectivity index (χ2n) is 7.53. The molecule has 0 aliphatic carbocycles. The smallest absolute Gasteiger partial charge is 0.248 e. The SMILES string of the molecule is C=CC(=O)Nc1cccc(Oc2nc(Nc3cnn(C)c3)ncc2N2CCN(C)CC2)c1. The summed E-state index contributed by atoms with van der Waals surface area (Å²) < 4.78 is 7.88. The van der Waals surface area contributed by atoms with Crippen molar-refractivity contribution >= 4 is 28.9 Å². The number of benzene rings is 1. The summed E-state index contributed by atoms with van der Waals surface area (Å²) in [6.07, 6.45) is 6.53. The molecule has 0 unspecified atom stereocenters. The maximum atomic E-state index is 11.6. The lowest BCUT2D eigenvalue weighted by Crippen LogP contribution is -2.44. The van der Waals surface area contributed by atoms with Crippen molar-refractivity contribution in [3.63, 3.8) is 0 Å². The molecule has 1 aromatic carbocycles. The fourth-order valence-electron chi connectivity index (χ4n) is 3.32. The van der Waals surface area contributed by atoms with E-state index < -0.39 is 0 Å². The third-order valence-electron chi connectivity index (χ3n) is 5.04. The van der Waals surface area contributed by atoms with Crippen LogP contribution in [0.3, 0.4) is 0 Å². The van der Waals surface area contributed by atoms with Gasteiger partial charge in [0.1, 0.15) is 11.4 Å². The summed E-state index contributed by atoms with van der Waals surface area (Å²) in [5.41, 5.74) is 2.20. The number of carbonyl (C=O) groups is 1. The average Bonchev–Trinajstić information content (AvgIpc) is 3.19. The summed E-state index contributed by atoms with van der Waals surface area (Å²) in [5.74, 6) is 1.10. The van der Waals surface area contributed by atoms with Crippen LogP contribution in [0.2, 0.25) is 0 Å². The second-order valence-corrected chi connectivity index (χ2v) is 7.53. The molecular formula is C22H26N8O2. The highest BCUT2D eigenvalue weighted by Gasteiger charge is 2.21. The Kier molecular flexibility index (Phi) is 6.31. The van der Waals surface area contributed by atoms with Crippen LogP contribution in [-0.4, -0.2) is 63.8 Å². The Bertz CT molecular complexity index is 1100. The van der Waals surface area contributed by atoms with Crippen LogP contribution >= 0.6 is 0 Å². The van der Waals surface area contributed by atoms with Gasteiger partial charge in [0.25, 0.3) is 0 Å². The topological polar surface area (TPSA) is 100 Å². The Balaban J connectivity index is 1.62. The first-order valence-electron chi connectivity index (χ1n) is 10.3. The fourth-order valence-corrected chi connectivity index (χ4v) is 3.32. The van der Waals surface area contributed by atoms with E-state index in [4.69, 9.17) is 4.74 Å². The lowest BCUT2D eigenvalue weighted by molar-refractivity contribution is -0.111. The Hall–Kier alpha value is -3.92. The zero-order valence-corrected chi connectivity index (χ0v) is 18.2. The van der Waals surface area contributed by atoms with Gasteiger partial charge in [-0.3, -0.25) is 9.48 Å². The van der Waals surface area contributed by atoms with Crippen molar-refractivity contribution in [3.05, 3.63) is 55.5 Å². The summed E-state index contributed by atoms with van der Waals surface area (Å²) in [4.78, 5) is 25.3. The predicted octanol–water partition coefficient (Wildman–Crippen LogP) is 2.62. The largest absolute Gasteiger partial charge is 0.437 e. The van der Waals surface area contributed by atoms with Crippen molar-refractivity contribution in [2.24, 2.45) is 7.05 Å². The zero-order valence-electron chi connectivity index (χ0n) is 18.2. The number of ether oxygens (including phenoxy) is 1. The summed E-state index contributed by atoms with van der Waals surface area (Å²) in [7, 11) is 3.95. The van der Waals surface area contributed by atoms with Gasteiger partial charge in [0.05, 0.1) is 18.1 Å². The molecule has 0 saturated carbocycles. The Morgan fingerprint density at radius 2 is 1.97 bits per heavy atom. The minimum Gasteiger partial charge on any atom is -0.437 e. The number of hydrogen-bond acceptors (Lipinski definition) is 8. The molecule has 3 aromatic rings. The number of amides is 1. The number of likely N-dealkylation sites (N-methyl/N-ethyl adjacent to an activating group) is 1. The van der Waals surface area contributed by atoms with E-state index in [0.29, 0.717) is 23.3 Å². The highest BCUT2D eigenvalue weighted by atomic mass is 16.5. The summed E-state index contributed by atoms with van der Waals surface area (Å²) in [6.45, 7) is 7.06. The molecule has 32 heavy (non-hydrogen) atoms. The molecule has 2 aromatic heterocycles. The molecule has 10 nitrogen and oxygen atoms in total. The molecule has 3 heterocycles. The number of aromatic nitrogens is 4. The Morgan fingerprint density at radius 1 is 1.16 bits per heavy atom.